The average molecular weight is 420 g/mol. The van der Waals surface area contributed by atoms with E-state index in [1.807, 2.05) is 23.1 Å². The van der Waals surface area contributed by atoms with Crippen molar-refractivity contribution in [3.8, 4) is 0 Å². The molecule has 3 heterocycles. The number of amides is 1. The standard InChI is InChI=1S/C17H18BrN5OS/c1-10-4-2-3-7-23(10)14(24)9-25-17-20-16-15(21-22-17)12-8-11(18)5-6-13(12)19-16/h5-6,8,10H,2-4,7,9H2,1H3,(H,19,20,22). The lowest BCUT2D eigenvalue weighted by atomic mass is 10.0. The second kappa shape index (κ2) is 6.92. The van der Waals surface area contributed by atoms with Crippen LogP contribution in [-0.2, 0) is 4.79 Å². The summed E-state index contributed by atoms with van der Waals surface area (Å²) in [6, 6.07) is 6.28. The first-order valence-corrected chi connectivity index (χ1v) is 10.1. The third-order valence-corrected chi connectivity index (χ3v) is 5.92. The fraction of sp³-hybridized carbons (Fsp3) is 0.412. The van der Waals surface area contributed by atoms with E-state index in [0.29, 0.717) is 22.6 Å². The number of nitrogens with one attached hydrogen (secondary N) is 1. The zero-order valence-corrected chi connectivity index (χ0v) is 16.2. The van der Waals surface area contributed by atoms with Crippen molar-refractivity contribution in [2.24, 2.45) is 0 Å². The molecule has 0 aliphatic carbocycles. The van der Waals surface area contributed by atoms with Crippen molar-refractivity contribution in [3.05, 3.63) is 22.7 Å². The summed E-state index contributed by atoms with van der Waals surface area (Å²) < 4.78 is 0.988. The van der Waals surface area contributed by atoms with Gasteiger partial charge in [-0.3, -0.25) is 4.79 Å². The molecular formula is C17H18BrN5OS. The second-order valence-corrected chi connectivity index (χ2v) is 8.19. The summed E-state index contributed by atoms with van der Waals surface area (Å²) in [5, 5.41) is 10.0. The summed E-state index contributed by atoms with van der Waals surface area (Å²) in [6.45, 7) is 2.98. The van der Waals surface area contributed by atoms with E-state index in [4.69, 9.17) is 0 Å². The summed E-state index contributed by atoms with van der Waals surface area (Å²) in [7, 11) is 0. The third kappa shape index (κ3) is 3.37. The molecule has 1 atom stereocenters. The number of benzene rings is 1. The molecule has 6 nitrogen and oxygen atoms in total. The molecule has 25 heavy (non-hydrogen) atoms. The Bertz CT molecular complexity index is 943. The number of aromatic nitrogens is 4. The monoisotopic (exact) mass is 419 g/mol. The lowest BCUT2D eigenvalue weighted by Gasteiger charge is -2.33. The summed E-state index contributed by atoms with van der Waals surface area (Å²) in [4.78, 5) is 22.2. The molecule has 1 aliphatic heterocycles. The Morgan fingerprint density at radius 1 is 1.40 bits per heavy atom. The zero-order valence-electron chi connectivity index (χ0n) is 13.8. The van der Waals surface area contributed by atoms with Gasteiger partial charge in [0.15, 0.2) is 5.65 Å². The van der Waals surface area contributed by atoms with Gasteiger partial charge < -0.3 is 9.88 Å². The molecule has 0 spiro atoms. The highest BCUT2D eigenvalue weighted by atomic mass is 79.9. The first-order valence-electron chi connectivity index (χ1n) is 8.36. The summed E-state index contributed by atoms with van der Waals surface area (Å²) in [5.74, 6) is 0.505. The van der Waals surface area contributed by atoms with E-state index in [2.05, 4.69) is 43.0 Å². The lowest BCUT2D eigenvalue weighted by molar-refractivity contribution is -0.131. The van der Waals surface area contributed by atoms with Gasteiger partial charge in [-0.15, -0.1) is 10.2 Å². The van der Waals surface area contributed by atoms with Crippen LogP contribution in [0.5, 0.6) is 0 Å². The zero-order chi connectivity index (χ0) is 17.4. The molecule has 130 valence electrons. The van der Waals surface area contributed by atoms with Crippen LogP contribution in [-0.4, -0.2) is 49.3 Å². The van der Waals surface area contributed by atoms with Crippen LogP contribution >= 0.6 is 27.7 Å². The maximum Gasteiger partial charge on any atom is 0.233 e. The maximum absolute atomic E-state index is 12.4. The number of piperidine rings is 1. The van der Waals surface area contributed by atoms with Crippen molar-refractivity contribution < 1.29 is 4.79 Å². The molecule has 3 aromatic rings. The smallest absolute Gasteiger partial charge is 0.233 e. The van der Waals surface area contributed by atoms with Gasteiger partial charge in [-0.1, -0.05) is 27.7 Å². The van der Waals surface area contributed by atoms with Crippen molar-refractivity contribution in [2.45, 2.75) is 37.4 Å². The molecule has 1 saturated heterocycles. The molecule has 0 radical (unpaired) electrons. The molecule has 1 aromatic carbocycles. The van der Waals surface area contributed by atoms with Gasteiger partial charge >= 0.3 is 0 Å². The Balaban J connectivity index is 1.52. The molecule has 1 aliphatic rings. The third-order valence-electron chi connectivity index (χ3n) is 4.61. The van der Waals surface area contributed by atoms with Gasteiger partial charge in [-0.05, 0) is 44.4 Å². The van der Waals surface area contributed by atoms with Gasteiger partial charge in [0.2, 0.25) is 11.1 Å². The van der Waals surface area contributed by atoms with Crippen LogP contribution in [0.15, 0.2) is 27.8 Å². The van der Waals surface area contributed by atoms with Crippen LogP contribution in [0.25, 0.3) is 22.1 Å². The van der Waals surface area contributed by atoms with E-state index in [9.17, 15) is 4.79 Å². The number of halogens is 1. The van der Waals surface area contributed by atoms with E-state index >= 15 is 0 Å². The highest BCUT2D eigenvalue weighted by molar-refractivity contribution is 9.10. The van der Waals surface area contributed by atoms with Crippen LogP contribution < -0.4 is 0 Å². The van der Waals surface area contributed by atoms with E-state index < -0.39 is 0 Å². The first-order chi connectivity index (χ1) is 12.1. The van der Waals surface area contributed by atoms with Crippen molar-refractivity contribution in [2.75, 3.05) is 12.3 Å². The summed E-state index contributed by atoms with van der Waals surface area (Å²) in [6.07, 6.45) is 3.39. The number of hydrogen-bond donors (Lipinski definition) is 1. The molecule has 0 bridgehead atoms. The predicted octanol–water partition coefficient (Wildman–Crippen LogP) is 3.76. The minimum Gasteiger partial charge on any atom is -0.339 e. The number of H-pyrrole nitrogens is 1. The quantitative estimate of drug-likeness (QED) is 0.653. The molecule has 0 saturated carbocycles. The number of hydrogen-bond acceptors (Lipinski definition) is 5. The fourth-order valence-corrected chi connectivity index (χ4v) is 4.30. The SMILES string of the molecule is CC1CCCCN1C(=O)CSc1nnc2c(n1)[nH]c1ccc(Br)cc12. The Morgan fingerprint density at radius 2 is 2.28 bits per heavy atom. The maximum atomic E-state index is 12.4. The lowest BCUT2D eigenvalue weighted by Crippen LogP contribution is -2.42. The Kier molecular flexibility index (Phi) is 4.64. The molecular weight excluding hydrogens is 402 g/mol. The van der Waals surface area contributed by atoms with Crippen LogP contribution in [0.1, 0.15) is 26.2 Å². The second-order valence-electron chi connectivity index (χ2n) is 6.33. The van der Waals surface area contributed by atoms with Crippen LogP contribution in [0, 0.1) is 0 Å². The fourth-order valence-electron chi connectivity index (χ4n) is 3.27. The number of rotatable bonds is 3. The molecule has 1 amide bonds. The molecule has 2 aromatic heterocycles. The number of likely N-dealkylation sites (tertiary alicyclic amines) is 1. The van der Waals surface area contributed by atoms with Crippen LogP contribution in [0.3, 0.4) is 0 Å². The topological polar surface area (TPSA) is 74.8 Å². The van der Waals surface area contributed by atoms with Crippen molar-refractivity contribution in [1.82, 2.24) is 25.1 Å². The van der Waals surface area contributed by atoms with Gasteiger partial charge in [0.25, 0.3) is 0 Å². The number of nitrogens with zero attached hydrogens (tertiary/aromatic N) is 4. The Labute approximate surface area is 157 Å². The van der Waals surface area contributed by atoms with Crippen molar-refractivity contribution in [1.29, 1.82) is 0 Å². The van der Waals surface area contributed by atoms with Crippen molar-refractivity contribution >= 4 is 55.7 Å². The minimum atomic E-state index is 0.154. The van der Waals surface area contributed by atoms with Gasteiger partial charge in [0.05, 0.1) is 5.75 Å². The average Bonchev–Trinajstić information content (AvgIpc) is 2.97. The highest BCUT2D eigenvalue weighted by Gasteiger charge is 2.23. The molecule has 1 fully saturated rings. The van der Waals surface area contributed by atoms with Crippen molar-refractivity contribution in [3.63, 3.8) is 0 Å². The van der Waals surface area contributed by atoms with Gasteiger partial charge in [0, 0.05) is 28.0 Å². The van der Waals surface area contributed by atoms with E-state index in [1.54, 1.807) is 0 Å². The largest absolute Gasteiger partial charge is 0.339 e. The number of aromatic amines is 1. The summed E-state index contributed by atoms with van der Waals surface area (Å²) >= 11 is 4.82. The van der Waals surface area contributed by atoms with E-state index in [-0.39, 0.29) is 5.91 Å². The normalized spacial score (nSPS) is 18.2. The van der Waals surface area contributed by atoms with E-state index in [1.165, 1.54) is 18.2 Å². The number of fused-ring (bicyclic) bond motifs is 3. The minimum absolute atomic E-state index is 0.154. The Morgan fingerprint density at radius 3 is 3.12 bits per heavy atom. The molecule has 4 rings (SSSR count). The number of carbonyl (C=O) groups excluding carboxylic acids is 1. The predicted molar refractivity (Wildman–Crippen MR) is 103 cm³/mol. The number of carbonyl (C=O) groups is 1. The van der Waals surface area contributed by atoms with Crippen LogP contribution in [0.2, 0.25) is 0 Å². The molecule has 8 heteroatoms. The van der Waals surface area contributed by atoms with E-state index in [0.717, 1.165) is 40.3 Å². The van der Waals surface area contributed by atoms with Gasteiger partial charge in [-0.2, -0.15) is 0 Å². The Hall–Kier alpha value is -1.67. The molecule has 1 N–H and O–H groups in total. The molecule has 1 unspecified atom stereocenters. The van der Waals surface area contributed by atoms with Crippen LogP contribution in [0.4, 0.5) is 0 Å². The number of thioether (sulfide) groups is 1. The summed E-state index contributed by atoms with van der Waals surface area (Å²) in [5.41, 5.74) is 2.42. The van der Waals surface area contributed by atoms with Gasteiger partial charge in [-0.25, -0.2) is 4.98 Å². The first kappa shape index (κ1) is 16.8. The highest BCUT2D eigenvalue weighted by Crippen LogP contribution is 2.26. The van der Waals surface area contributed by atoms with Gasteiger partial charge in [0.1, 0.15) is 5.52 Å².